The second kappa shape index (κ2) is 5.10. The van der Waals surface area contributed by atoms with Crippen molar-refractivity contribution in [1.29, 1.82) is 0 Å². The average Bonchev–Trinajstić information content (AvgIpc) is 3.18. The average molecular weight is 314 g/mol. The molecule has 1 aromatic carbocycles. The normalized spacial score (nSPS) is 16.5. The van der Waals surface area contributed by atoms with Crippen molar-refractivity contribution < 1.29 is 9.47 Å². The number of hydrogen-bond donors (Lipinski definition) is 1. The first kappa shape index (κ1) is 13.7. The van der Waals surface area contributed by atoms with E-state index in [4.69, 9.17) is 15.2 Å². The fourth-order valence-electron chi connectivity index (χ4n) is 2.54. The molecular weight excluding hydrogens is 294 g/mol. The Morgan fingerprint density at radius 3 is 2.39 bits per heavy atom. The van der Waals surface area contributed by atoms with E-state index in [1.54, 1.807) is 14.2 Å². The van der Waals surface area contributed by atoms with Gasteiger partial charge in [-0.1, -0.05) is 6.92 Å². The molecule has 1 aliphatic rings. The van der Waals surface area contributed by atoms with Crippen molar-refractivity contribution in [3.05, 3.63) is 21.7 Å². The Hall–Kier alpha value is -0.740. The Balaban J connectivity index is 2.62. The third kappa shape index (κ3) is 2.01. The van der Waals surface area contributed by atoms with Gasteiger partial charge in [0.15, 0.2) is 11.5 Å². The molecule has 0 aliphatic heterocycles. The van der Waals surface area contributed by atoms with E-state index in [1.165, 1.54) is 24.0 Å². The summed E-state index contributed by atoms with van der Waals surface area (Å²) < 4.78 is 11.9. The first-order valence-corrected chi connectivity index (χ1v) is 7.06. The first-order chi connectivity index (χ1) is 8.63. The minimum Gasteiger partial charge on any atom is -0.493 e. The number of nitrogens with two attached hydrogens (primary N) is 1. The van der Waals surface area contributed by atoms with Gasteiger partial charge < -0.3 is 15.2 Å². The summed E-state index contributed by atoms with van der Waals surface area (Å²) >= 11 is 3.65. The number of benzene rings is 1. The molecule has 1 aromatic rings. The van der Waals surface area contributed by atoms with E-state index in [1.807, 2.05) is 0 Å². The highest BCUT2D eigenvalue weighted by atomic mass is 79.9. The minimum absolute atomic E-state index is 0.160. The van der Waals surface area contributed by atoms with Crippen molar-refractivity contribution in [2.45, 2.75) is 31.6 Å². The van der Waals surface area contributed by atoms with Gasteiger partial charge in [0, 0.05) is 12.0 Å². The summed E-state index contributed by atoms with van der Waals surface area (Å²) in [6.45, 7) is 2.85. The minimum atomic E-state index is 0.160. The summed E-state index contributed by atoms with van der Waals surface area (Å²) in [6.07, 6.45) is 3.29. The lowest BCUT2D eigenvalue weighted by Gasteiger charge is -2.22. The topological polar surface area (TPSA) is 44.5 Å². The maximum absolute atomic E-state index is 5.95. The molecule has 2 rings (SSSR count). The van der Waals surface area contributed by atoms with E-state index >= 15 is 0 Å². The van der Waals surface area contributed by atoms with Crippen LogP contribution >= 0.6 is 15.9 Å². The van der Waals surface area contributed by atoms with E-state index in [-0.39, 0.29) is 5.41 Å². The number of methoxy groups -OCH3 is 2. The van der Waals surface area contributed by atoms with Crippen LogP contribution in [0.25, 0.3) is 0 Å². The summed E-state index contributed by atoms with van der Waals surface area (Å²) in [5.74, 6) is 1.54. The number of halogens is 1. The molecule has 18 heavy (non-hydrogen) atoms. The molecule has 0 aromatic heterocycles. The highest BCUT2D eigenvalue weighted by Crippen LogP contribution is 2.52. The maximum Gasteiger partial charge on any atom is 0.175 e. The Bertz CT molecular complexity index is 456. The fourth-order valence-corrected chi connectivity index (χ4v) is 3.39. The molecule has 0 bridgehead atoms. The third-order valence-corrected chi connectivity index (χ3v) is 4.72. The predicted octanol–water partition coefficient (Wildman–Crippen LogP) is 3.02. The Labute approximate surface area is 117 Å². The van der Waals surface area contributed by atoms with E-state index in [2.05, 4.69) is 28.9 Å². The molecule has 0 heterocycles. The molecule has 3 nitrogen and oxygen atoms in total. The van der Waals surface area contributed by atoms with E-state index < -0.39 is 0 Å². The summed E-state index contributed by atoms with van der Waals surface area (Å²) in [4.78, 5) is 0. The molecule has 1 saturated carbocycles. The van der Waals surface area contributed by atoms with E-state index in [9.17, 15) is 0 Å². The third-order valence-electron chi connectivity index (χ3n) is 3.88. The zero-order valence-electron chi connectivity index (χ0n) is 11.2. The Morgan fingerprint density at radius 1 is 1.33 bits per heavy atom. The van der Waals surface area contributed by atoms with Crippen molar-refractivity contribution in [3.63, 3.8) is 0 Å². The molecule has 2 N–H and O–H groups in total. The van der Waals surface area contributed by atoms with Crippen molar-refractivity contribution >= 4 is 15.9 Å². The Kier molecular flexibility index (Phi) is 3.87. The van der Waals surface area contributed by atoms with Gasteiger partial charge in [-0.2, -0.15) is 0 Å². The second-order valence-electron chi connectivity index (χ2n) is 4.79. The molecular formula is C14H20BrNO2. The number of hydrogen-bond acceptors (Lipinski definition) is 3. The van der Waals surface area contributed by atoms with Crippen molar-refractivity contribution in [2.75, 3.05) is 20.8 Å². The Morgan fingerprint density at radius 2 is 2.00 bits per heavy atom. The van der Waals surface area contributed by atoms with Gasteiger partial charge in [-0.25, -0.2) is 0 Å². The molecule has 0 spiro atoms. The molecule has 0 unspecified atom stereocenters. The fraction of sp³-hybridized carbons (Fsp3) is 0.571. The zero-order valence-corrected chi connectivity index (χ0v) is 12.8. The van der Waals surface area contributed by atoms with Crippen LogP contribution in [0.5, 0.6) is 11.5 Å². The van der Waals surface area contributed by atoms with Crippen LogP contribution in [0.15, 0.2) is 10.5 Å². The van der Waals surface area contributed by atoms with Gasteiger partial charge in [0.2, 0.25) is 0 Å². The van der Waals surface area contributed by atoms with Gasteiger partial charge in [0.1, 0.15) is 0 Å². The molecule has 100 valence electrons. The first-order valence-electron chi connectivity index (χ1n) is 6.27. The van der Waals surface area contributed by atoms with Gasteiger partial charge in [0.25, 0.3) is 0 Å². The molecule has 0 saturated heterocycles. The van der Waals surface area contributed by atoms with Crippen molar-refractivity contribution in [1.82, 2.24) is 0 Å². The van der Waals surface area contributed by atoms with Gasteiger partial charge in [-0.3, -0.25) is 0 Å². The van der Waals surface area contributed by atoms with Gasteiger partial charge >= 0.3 is 0 Å². The SMILES string of the molecule is CCc1c(C2(CN)CC2)cc(OC)c(OC)c1Br. The van der Waals surface area contributed by atoms with Crippen LogP contribution in [0.4, 0.5) is 0 Å². The number of ether oxygens (including phenoxy) is 2. The lowest BCUT2D eigenvalue weighted by Crippen LogP contribution is -2.21. The highest BCUT2D eigenvalue weighted by Gasteiger charge is 2.45. The van der Waals surface area contributed by atoms with Gasteiger partial charge in [0.05, 0.1) is 18.7 Å². The highest BCUT2D eigenvalue weighted by molar-refractivity contribution is 9.10. The van der Waals surface area contributed by atoms with Crippen molar-refractivity contribution in [2.24, 2.45) is 5.73 Å². The van der Waals surface area contributed by atoms with Crippen LogP contribution in [0.2, 0.25) is 0 Å². The van der Waals surface area contributed by atoms with Gasteiger partial charge in [-0.05, 0) is 52.4 Å². The van der Waals surface area contributed by atoms with Crippen LogP contribution in [0.1, 0.15) is 30.9 Å². The molecule has 1 aliphatic carbocycles. The molecule has 0 amide bonds. The summed E-state index contributed by atoms with van der Waals surface area (Å²) in [5, 5.41) is 0. The summed E-state index contributed by atoms with van der Waals surface area (Å²) in [5.41, 5.74) is 8.71. The molecule has 0 radical (unpaired) electrons. The lowest BCUT2D eigenvalue weighted by molar-refractivity contribution is 0.351. The zero-order chi connectivity index (χ0) is 13.3. The second-order valence-corrected chi connectivity index (χ2v) is 5.58. The van der Waals surface area contributed by atoms with Crippen LogP contribution in [0, 0.1) is 0 Å². The van der Waals surface area contributed by atoms with Crippen LogP contribution in [0.3, 0.4) is 0 Å². The summed E-state index contributed by atoms with van der Waals surface area (Å²) in [6, 6.07) is 2.10. The molecule has 0 atom stereocenters. The van der Waals surface area contributed by atoms with E-state index in [0.717, 1.165) is 22.4 Å². The lowest BCUT2D eigenvalue weighted by atomic mass is 9.89. The van der Waals surface area contributed by atoms with Crippen molar-refractivity contribution in [3.8, 4) is 11.5 Å². The standard InChI is InChI=1S/C14H20BrNO2/c1-4-9-10(14(8-16)5-6-14)7-11(17-2)13(18-3)12(9)15/h7H,4-6,8,16H2,1-3H3. The van der Waals surface area contributed by atoms with Crippen LogP contribution in [-0.2, 0) is 11.8 Å². The van der Waals surface area contributed by atoms with Gasteiger partial charge in [-0.15, -0.1) is 0 Å². The predicted molar refractivity (Wildman–Crippen MR) is 76.6 cm³/mol. The molecule has 4 heteroatoms. The largest absolute Gasteiger partial charge is 0.493 e. The smallest absolute Gasteiger partial charge is 0.175 e. The van der Waals surface area contributed by atoms with E-state index in [0.29, 0.717) is 6.54 Å². The maximum atomic E-state index is 5.95. The van der Waals surface area contributed by atoms with Crippen LogP contribution < -0.4 is 15.2 Å². The molecule has 1 fully saturated rings. The quantitative estimate of drug-likeness (QED) is 0.908. The monoisotopic (exact) mass is 313 g/mol. The number of rotatable bonds is 5. The van der Waals surface area contributed by atoms with Crippen LogP contribution in [-0.4, -0.2) is 20.8 Å². The summed E-state index contributed by atoms with van der Waals surface area (Å²) in [7, 11) is 3.33.